The number of ether oxygens (including phenoxy) is 1. The van der Waals surface area contributed by atoms with Crippen LogP contribution in [-0.2, 0) is 4.84 Å². The van der Waals surface area contributed by atoms with E-state index in [4.69, 9.17) is 4.74 Å². The molecule has 0 fully saturated rings. The first kappa shape index (κ1) is 21.3. The van der Waals surface area contributed by atoms with Gasteiger partial charge in [-0.15, -0.1) is 0 Å². The van der Waals surface area contributed by atoms with Crippen molar-refractivity contribution in [1.29, 1.82) is 0 Å². The quantitative estimate of drug-likeness (QED) is 0.415. The molecule has 0 radical (unpaired) electrons. The summed E-state index contributed by atoms with van der Waals surface area (Å²) in [7, 11) is 1.16. The van der Waals surface area contributed by atoms with Crippen LogP contribution >= 0.6 is 0 Å². The van der Waals surface area contributed by atoms with E-state index in [2.05, 4.69) is 15.1 Å². The van der Waals surface area contributed by atoms with Crippen LogP contribution in [0.25, 0.3) is 0 Å². The molecule has 32 heavy (non-hydrogen) atoms. The number of pyridine rings is 1. The number of carbonyl (C=O) groups excluding carboxylic acids is 2. The third-order valence-corrected chi connectivity index (χ3v) is 5.20. The molecule has 164 valence electrons. The Morgan fingerprint density at radius 1 is 1.16 bits per heavy atom. The molecule has 2 amide bonds. The molecule has 1 unspecified atom stereocenters. The van der Waals surface area contributed by atoms with Crippen LogP contribution in [0.3, 0.4) is 0 Å². The van der Waals surface area contributed by atoms with E-state index in [0.29, 0.717) is 35.7 Å². The second-order valence-electron chi connectivity index (χ2n) is 7.11. The van der Waals surface area contributed by atoms with Crippen LogP contribution in [0.5, 0.6) is 11.5 Å². The largest absolute Gasteiger partial charge is 0.506 e. The summed E-state index contributed by atoms with van der Waals surface area (Å²) < 4.78 is 5.83. The Bertz CT molecular complexity index is 1150. The van der Waals surface area contributed by atoms with Crippen LogP contribution < -0.4 is 10.1 Å². The Morgan fingerprint density at radius 3 is 2.66 bits per heavy atom. The Labute approximate surface area is 183 Å². The summed E-state index contributed by atoms with van der Waals surface area (Å²) in [4.78, 5) is 33.6. The summed E-state index contributed by atoms with van der Waals surface area (Å²) in [6, 6.07) is 14.5. The maximum Gasteiger partial charge on any atom is 0.303 e. The average Bonchev–Trinajstić information content (AvgIpc) is 2.83. The molecule has 9 nitrogen and oxygen atoms in total. The Morgan fingerprint density at radius 2 is 1.94 bits per heavy atom. The summed E-state index contributed by atoms with van der Waals surface area (Å²) in [6.07, 6.45) is 2.25. The molecule has 2 aromatic carbocycles. The van der Waals surface area contributed by atoms with Gasteiger partial charge >= 0.3 is 5.91 Å². The third-order valence-electron chi connectivity index (χ3n) is 5.20. The van der Waals surface area contributed by atoms with Crippen molar-refractivity contribution in [3.05, 3.63) is 83.2 Å². The van der Waals surface area contributed by atoms with Crippen molar-refractivity contribution < 1.29 is 29.5 Å². The lowest BCUT2D eigenvalue weighted by Gasteiger charge is -2.27. The van der Waals surface area contributed by atoms with Gasteiger partial charge in [-0.1, -0.05) is 17.4 Å². The number of nitrogens with one attached hydrogen (secondary N) is 1. The zero-order valence-corrected chi connectivity index (χ0v) is 17.2. The SMILES string of the molecule is CON(O)C(=O)c1ccc(NC(=O)c2cccc3c2OCCC3c2ncccc2O)cc1. The summed E-state index contributed by atoms with van der Waals surface area (Å²) >= 11 is 0. The maximum absolute atomic E-state index is 13.0. The second-order valence-corrected chi connectivity index (χ2v) is 7.11. The highest BCUT2D eigenvalue weighted by Crippen LogP contribution is 2.41. The van der Waals surface area contributed by atoms with E-state index in [1.807, 2.05) is 6.07 Å². The van der Waals surface area contributed by atoms with Crippen LogP contribution in [0, 0.1) is 0 Å². The number of hydroxylamine groups is 2. The highest BCUT2D eigenvalue weighted by Gasteiger charge is 2.29. The molecule has 1 aliphatic rings. The first-order valence-corrected chi connectivity index (χ1v) is 9.88. The average molecular weight is 435 g/mol. The van der Waals surface area contributed by atoms with E-state index < -0.39 is 5.91 Å². The van der Waals surface area contributed by atoms with Crippen LogP contribution in [0.2, 0.25) is 0 Å². The van der Waals surface area contributed by atoms with Crippen LogP contribution in [-0.4, -0.2) is 46.1 Å². The Hall–Kier alpha value is -3.95. The first-order chi connectivity index (χ1) is 15.5. The number of hydrogen-bond acceptors (Lipinski definition) is 7. The number of aromatic hydroxyl groups is 1. The number of para-hydroxylation sites is 1. The molecular formula is C23H21N3O6. The summed E-state index contributed by atoms with van der Waals surface area (Å²) in [5, 5.41) is 22.5. The number of carbonyl (C=O) groups is 2. The summed E-state index contributed by atoms with van der Waals surface area (Å²) in [5.74, 6) is -0.758. The van der Waals surface area contributed by atoms with Crippen LogP contribution in [0.1, 0.15) is 44.3 Å². The normalized spacial score (nSPS) is 14.8. The van der Waals surface area contributed by atoms with Crippen molar-refractivity contribution in [1.82, 2.24) is 10.2 Å². The molecule has 3 N–H and O–H groups in total. The monoisotopic (exact) mass is 435 g/mol. The Kier molecular flexibility index (Phi) is 6.02. The molecule has 0 spiro atoms. The lowest BCUT2D eigenvalue weighted by atomic mass is 9.88. The van der Waals surface area contributed by atoms with E-state index in [-0.39, 0.29) is 28.4 Å². The van der Waals surface area contributed by atoms with E-state index in [1.165, 1.54) is 12.1 Å². The zero-order chi connectivity index (χ0) is 22.7. The molecule has 4 rings (SSSR count). The van der Waals surface area contributed by atoms with Gasteiger partial charge in [0.2, 0.25) is 0 Å². The second kappa shape index (κ2) is 9.04. The molecule has 9 heteroatoms. The predicted octanol–water partition coefficient (Wildman–Crippen LogP) is 3.35. The Balaban J connectivity index is 1.57. The standard InChI is InChI=1S/C23H21N3O6/c1-31-26(30)23(29)14-7-9-15(10-8-14)25-22(28)18-5-2-4-17-16(11-13-32-21(17)18)20-19(27)6-3-12-24-20/h2-10,12,16,27,30H,11,13H2,1H3,(H,25,28). The van der Waals surface area contributed by atoms with Gasteiger partial charge in [-0.25, -0.2) is 4.84 Å². The fourth-order valence-corrected chi connectivity index (χ4v) is 3.65. The minimum Gasteiger partial charge on any atom is -0.506 e. The molecule has 1 aliphatic heterocycles. The van der Waals surface area contributed by atoms with Crippen molar-refractivity contribution >= 4 is 17.5 Å². The minimum atomic E-state index is -0.736. The van der Waals surface area contributed by atoms with E-state index >= 15 is 0 Å². The lowest BCUT2D eigenvalue weighted by molar-refractivity contribution is -0.280. The number of benzene rings is 2. The zero-order valence-electron chi connectivity index (χ0n) is 17.2. The summed E-state index contributed by atoms with van der Waals surface area (Å²) in [6.45, 7) is 0.381. The summed E-state index contributed by atoms with van der Waals surface area (Å²) in [5.41, 5.74) is 2.32. The van der Waals surface area contributed by atoms with E-state index in [9.17, 15) is 19.9 Å². The van der Waals surface area contributed by atoms with Crippen molar-refractivity contribution in [3.63, 3.8) is 0 Å². The minimum absolute atomic E-state index is 0.102. The van der Waals surface area contributed by atoms with Crippen molar-refractivity contribution in [2.75, 3.05) is 19.0 Å². The molecule has 1 atom stereocenters. The number of amides is 2. The molecule has 1 aromatic heterocycles. The number of nitrogens with zero attached hydrogens (tertiary/aromatic N) is 2. The van der Waals surface area contributed by atoms with Crippen molar-refractivity contribution in [2.45, 2.75) is 12.3 Å². The third kappa shape index (κ3) is 4.11. The fraction of sp³-hybridized carbons (Fsp3) is 0.174. The molecular weight excluding hydrogens is 414 g/mol. The van der Waals surface area contributed by atoms with Gasteiger partial charge in [0.1, 0.15) is 11.5 Å². The van der Waals surface area contributed by atoms with Gasteiger partial charge in [-0.05, 0) is 48.9 Å². The number of aromatic nitrogens is 1. The van der Waals surface area contributed by atoms with Crippen molar-refractivity contribution in [3.8, 4) is 11.5 Å². The molecule has 0 aliphatic carbocycles. The topological polar surface area (TPSA) is 121 Å². The number of rotatable bonds is 5. The van der Waals surface area contributed by atoms with Crippen molar-refractivity contribution in [2.24, 2.45) is 0 Å². The van der Waals surface area contributed by atoms with E-state index in [1.54, 1.807) is 42.6 Å². The lowest BCUT2D eigenvalue weighted by Crippen LogP contribution is -2.26. The molecule has 0 saturated carbocycles. The highest BCUT2D eigenvalue weighted by molar-refractivity contribution is 6.06. The number of fused-ring (bicyclic) bond motifs is 1. The van der Waals surface area contributed by atoms with Gasteiger partial charge in [0, 0.05) is 28.9 Å². The van der Waals surface area contributed by atoms with Crippen LogP contribution in [0.4, 0.5) is 5.69 Å². The predicted molar refractivity (Wildman–Crippen MR) is 114 cm³/mol. The van der Waals surface area contributed by atoms with Gasteiger partial charge < -0.3 is 15.2 Å². The number of anilines is 1. The van der Waals surface area contributed by atoms with Gasteiger partial charge in [-0.3, -0.25) is 19.8 Å². The highest BCUT2D eigenvalue weighted by atomic mass is 16.9. The van der Waals surface area contributed by atoms with Gasteiger partial charge in [0.05, 0.1) is 25.0 Å². The molecule has 0 saturated heterocycles. The van der Waals surface area contributed by atoms with Crippen LogP contribution in [0.15, 0.2) is 60.8 Å². The molecule has 0 bridgehead atoms. The maximum atomic E-state index is 13.0. The van der Waals surface area contributed by atoms with Gasteiger partial charge in [0.25, 0.3) is 5.91 Å². The molecule has 3 aromatic rings. The smallest absolute Gasteiger partial charge is 0.303 e. The number of hydrogen-bond donors (Lipinski definition) is 3. The van der Waals surface area contributed by atoms with Gasteiger partial charge in [-0.2, -0.15) is 0 Å². The van der Waals surface area contributed by atoms with E-state index in [0.717, 1.165) is 12.7 Å². The fourth-order valence-electron chi connectivity index (χ4n) is 3.65. The van der Waals surface area contributed by atoms with Gasteiger partial charge in [0.15, 0.2) is 0 Å². The first-order valence-electron chi connectivity index (χ1n) is 9.88. The molecule has 2 heterocycles.